The number of nitrogens with zero attached hydrogens (tertiary/aromatic N) is 7. The smallest absolute Gasteiger partial charge is 0.278 e. The van der Waals surface area contributed by atoms with E-state index in [0.717, 1.165) is 88.0 Å². The third-order valence-electron chi connectivity index (χ3n) is 11.2. The first-order valence-electron chi connectivity index (χ1n) is 18.5. The predicted octanol–water partition coefficient (Wildman–Crippen LogP) is 1.87. The van der Waals surface area contributed by atoms with E-state index >= 15 is 0 Å². The number of pyridine rings is 1. The van der Waals surface area contributed by atoms with Gasteiger partial charge in [-0.15, -0.1) is 5.10 Å². The van der Waals surface area contributed by atoms with Gasteiger partial charge in [-0.05, 0) is 106 Å². The Morgan fingerprint density at radius 1 is 0.885 bits per heavy atom. The highest BCUT2D eigenvalue weighted by Gasteiger charge is 2.33. The van der Waals surface area contributed by atoms with Crippen LogP contribution in [0.5, 0.6) is 0 Å². The first-order valence-corrected chi connectivity index (χ1v) is 18.5. The minimum atomic E-state index is -0.867. The number of nitrogens with two attached hydrogens (primary N) is 1. The number of hydrogen-bond donors (Lipinski definition) is 2. The van der Waals surface area contributed by atoms with Crippen LogP contribution in [0, 0.1) is 29.6 Å². The van der Waals surface area contributed by atoms with Crippen molar-refractivity contribution in [3.05, 3.63) is 58.1 Å². The molecule has 0 bridgehead atoms. The summed E-state index contributed by atoms with van der Waals surface area (Å²) < 4.78 is 1.08. The number of aromatic nitrogens is 4. The molecule has 0 spiro atoms. The Balaban J connectivity index is 0.840. The number of benzene rings is 1. The third kappa shape index (κ3) is 7.99. The highest BCUT2D eigenvalue weighted by molar-refractivity contribution is 5.99. The Labute approximate surface area is 302 Å². The maximum absolute atomic E-state index is 13.6. The largest absolute Gasteiger partial charge is 0.371 e. The molecule has 1 unspecified atom stereocenters. The van der Waals surface area contributed by atoms with Crippen LogP contribution >= 0.6 is 0 Å². The number of carbonyl (C=O) groups excluding carboxylic acids is 4. The fraction of sp³-hybridized carbons (Fsp3) is 0.526. The number of amides is 4. The zero-order valence-electron chi connectivity index (χ0n) is 29.3. The van der Waals surface area contributed by atoms with Crippen LogP contribution in [-0.4, -0.2) is 99.2 Å². The number of primary amides is 1. The van der Waals surface area contributed by atoms with Gasteiger partial charge >= 0.3 is 0 Å². The van der Waals surface area contributed by atoms with Gasteiger partial charge in [-0.25, -0.2) is 4.98 Å². The zero-order valence-corrected chi connectivity index (χ0v) is 29.3. The third-order valence-corrected chi connectivity index (χ3v) is 11.2. The number of imide groups is 1. The maximum atomic E-state index is 13.6. The Morgan fingerprint density at radius 2 is 1.63 bits per heavy atom. The van der Waals surface area contributed by atoms with Gasteiger partial charge in [-0.3, -0.25) is 29.3 Å². The summed E-state index contributed by atoms with van der Waals surface area (Å²) in [5, 5.41) is 10.8. The van der Waals surface area contributed by atoms with Crippen LogP contribution in [0.15, 0.2) is 41.3 Å². The van der Waals surface area contributed by atoms with E-state index in [0.29, 0.717) is 47.1 Å². The molecule has 2 aromatic heterocycles. The molecule has 4 aliphatic rings. The zero-order chi connectivity index (χ0) is 36.2. The number of hydrogen-bond acceptors (Lipinski definition) is 10. The number of rotatable bonds is 7. The van der Waals surface area contributed by atoms with Gasteiger partial charge < -0.3 is 20.4 Å². The molecule has 7 rings (SSSR count). The van der Waals surface area contributed by atoms with Crippen molar-refractivity contribution < 1.29 is 19.2 Å². The first-order chi connectivity index (χ1) is 25.2. The van der Waals surface area contributed by atoms with E-state index in [9.17, 15) is 24.0 Å². The number of anilines is 1. The van der Waals surface area contributed by atoms with Gasteiger partial charge in [0.2, 0.25) is 17.7 Å². The molecule has 6 heterocycles. The molecular weight excluding hydrogens is 662 g/mol. The van der Waals surface area contributed by atoms with Crippen LogP contribution in [0.25, 0.3) is 10.9 Å². The summed E-state index contributed by atoms with van der Waals surface area (Å²) in [5.74, 6) is 6.44. The van der Waals surface area contributed by atoms with Crippen molar-refractivity contribution in [1.29, 1.82) is 0 Å². The lowest BCUT2D eigenvalue weighted by Gasteiger charge is -2.40. The topological polar surface area (TPSA) is 177 Å². The molecule has 0 radical (unpaired) electrons. The summed E-state index contributed by atoms with van der Waals surface area (Å²) in [6.45, 7) is 6.30. The van der Waals surface area contributed by atoms with Crippen LogP contribution in [0.4, 0.5) is 5.69 Å². The van der Waals surface area contributed by atoms with E-state index in [1.165, 1.54) is 6.20 Å². The molecule has 0 saturated carbocycles. The second-order valence-electron chi connectivity index (χ2n) is 14.6. The quantitative estimate of drug-likeness (QED) is 0.272. The van der Waals surface area contributed by atoms with Crippen LogP contribution in [0.3, 0.4) is 0 Å². The minimum Gasteiger partial charge on any atom is -0.371 e. The summed E-state index contributed by atoms with van der Waals surface area (Å²) in [6, 6.07) is 8.01. The van der Waals surface area contributed by atoms with E-state index in [1.54, 1.807) is 24.3 Å². The predicted molar refractivity (Wildman–Crippen MR) is 193 cm³/mol. The number of fused-ring (bicyclic) bond motifs is 1. The lowest BCUT2D eigenvalue weighted by Crippen LogP contribution is -2.47. The van der Waals surface area contributed by atoms with Crippen LogP contribution < -0.4 is 21.5 Å². The van der Waals surface area contributed by atoms with E-state index in [1.807, 2.05) is 6.07 Å². The van der Waals surface area contributed by atoms with Crippen LogP contribution in [0.1, 0.15) is 79.9 Å². The SMILES string of the molecule is NC(=O)c1ccc(C#CCC2CCN(CC3CCN(C(=O)C4CCN(c5ccc6nnn(C7CCC(=O)NC7=O)c(=O)c6c5)CC4)CC3)CC2)nc1. The summed E-state index contributed by atoms with van der Waals surface area (Å²) in [7, 11) is 0. The summed E-state index contributed by atoms with van der Waals surface area (Å²) in [5.41, 5.74) is 7.22. The first kappa shape index (κ1) is 35.3. The fourth-order valence-corrected chi connectivity index (χ4v) is 7.98. The van der Waals surface area contributed by atoms with Crippen molar-refractivity contribution in [2.45, 2.75) is 63.8 Å². The molecule has 14 heteroatoms. The Kier molecular flexibility index (Phi) is 10.6. The Hall–Kier alpha value is -5.16. The van der Waals surface area contributed by atoms with E-state index in [4.69, 9.17) is 5.73 Å². The molecule has 0 aliphatic carbocycles. The van der Waals surface area contributed by atoms with Gasteiger partial charge in [-0.2, -0.15) is 4.68 Å². The molecule has 3 aromatic rings. The van der Waals surface area contributed by atoms with Gasteiger partial charge in [0.05, 0.1) is 10.9 Å². The van der Waals surface area contributed by atoms with Gasteiger partial charge in [0.1, 0.15) is 17.3 Å². The molecule has 52 heavy (non-hydrogen) atoms. The van der Waals surface area contributed by atoms with Crippen molar-refractivity contribution in [3.63, 3.8) is 0 Å². The summed E-state index contributed by atoms with van der Waals surface area (Å²) in [6.07, 6.45) is 8.50. The molecule has 272 valence electrons. The van der Waals surface area contributed by atoms with Gasteiger partial charge in [0.25, 0.3) is 11.5 Å². The molecule has 4 fully saturated rings. The van der Waals surface area contributed by atoms with Crippen molar-refractivity contribution >= 4 is 40.2 Å². The van der Waals surface area contributed by atoms with Crippen molar-refractivity contribution in [2.24, 2.45) is 23.5 Å². The Bertz CT molecular complexity index is 1940. The van der Waals surface area contributed by atoms with Crippen molar-refractivity contribution in [3.8, 4) is 11.8 Å². The molecular formula is C38H45N9O5. The minimum absolute atomic E-state index is 0.00344. The lowest BCUT2D eigenvalue weighted by molar-refractivity contribution is -0.138. The van der Waals surface area contributed by atoms with Gasteiger partial charge in [0.15, 0.2) is 0 Å². The van der Waals surface area contributed by atoms with E-state index in [-0.39, 0.29) is 30.6 Å². The number of piperidine rings is 4. The Morgan fingerprint density at radius 3 is 2.33 bits per heavy atom. The summed E-state index contributed by atoms with van der Waals surface area (Å²) in [4.78, 5) is 73.1. The molecule has 4 saturated heterocycles. The molecule has 1 aromatic carbocycles. The molecule has 3 N–H and O–H groups in total. The molecule has 14 nitrogen and oxygen atoms in total. The number of nitrogens with one attached hydrogen (secondary N) is 1. The van der Waals surface area contributed by atoms with Gasteiger partial charge in [0, 0.05) is 63.4 Å². The molecule has 4 aliphatic heterocycles. The van der Waals surface area contributed by atoms with E-state index < -0.39 is 23.4 Å². The average Bonchev–Trinajstić information content (AvgIpc) is 3.16. The molecule has 4 amide bonds. The number of carbonyl (C=O) groups is 4. The summed E-state index contributed by atoms with van der Waals surface area (Å²) >= 11 is 0. The fourth-order valence-electron chi connectivity index (χ4n) is 7.98. The maximum Gasteiger partial charge on any atom is 0.278 e. The monoisotopic (exact) mass is 707 g/mol. The second kappa shape index (κ2) is 15.6. The van der Waals surface area contributed by atoms with Crippen LogP contribution in [0.2, 0.25) is 0 Å². The van der Waals surface area contributed by atoms with E-state index in [2.05, 4.69) is 47.2 Å². The van der Waals surface area contributed by atoms with Crippen molar-refractivity contribution in [2.75, 3.05) is 50.7 Å². The van der Waals surface area contributed by atoms with Crippen LogP contribution in [-0.2, 0) is 14.4 Å². The average molecular weight is 708 g/mol. The lowest BCUT2D eigenvalue weighted by atomic mass is 9.90. The standard InChI is InChI=1S/C38H45N9O5/c39-35(49)28-4-5-29(40-23-28)3-1-2-25-10-16-44(17-11-25)24-26-12-18-46(19-13-26)37(51)27-14-20-45(21-15-27)30-6-7-32-31(22-30)38(52)47(43-42-32)33-8-9-34(48)41-36(33)50/h4-7,22-23,25-27,33H,2,8-21,24H2,(H2,39,49)(H,41,48,50). The highest BCUT2D eigenvalue weighted by Crippen LogP contribution is 2.29. The molecule has 1 atom stereocenters. The van der Waals surface area contributed by atoms with Crippen molar-refractivity contribution in [1.82, 2.24) is 35.1 Å². The van der Waals surface area contributed by atoms with Gasteiger partial charge in [-0.1, -0.05) is 11.1 Å². The highest BCUT2D eigenvalue weighted by atomic mass is 16.2. The second-order valence-corrected chi connectivity index (χ2v) is 14.6. The number of likely N-dealkylation sites (tertiary alicyclic amines) is 2. The normalized spacial score (nSPS) is 21.1.